The predicted octanol–water partition coefficient (Wildman–Crippen LogP) is 2.12. The van der Waals surface area contributed by atoms with Crippen LogP contribution < -0.4 is 5.32 Å². The number of likely N-dealkylation sites (tertiary alicyclic amines) is 1. The van der Waals surface area contributed by atoms with Gasteiger partial charge in [-0.15, -0.1) is 0 Å². The van der Waals surface area contributed by atoms with Crippen LogP contribution in [-0.4, -0.2) is 51.3 Å². The first kappa shape index (κ1) is 14.3. The van der Waals surface area contributed by atoms with Gasteiger partial charge in [-0.3, -0.25) is 0 Å². The summed E-state index contributed by atoms with van der Waals surface area (Å²) in [4.78, 5) is 2.69. The van der Waals surface area contributed by atoms with E-state index < -0.39 is 0 Å². The molecule has 2 rings (SSSR count). The van der Waals surface area contributed by atoms with E-state index in [1.165, 1.54) is 45.3 Å². The van der Waals surface area contributed by atoms with Crippen molar-refractivity contribution in [2.45, 2.75) is 39.5 Å². The lowest BCUT2D eigenvalue weighted by Crippen LogP contribution is -2.49. The third kappa shape index (κ3) is 3.69. The molecule has 2 saturated heterocycles. The van der Waals surface area contributed by atoms with Gasteiger partial charge in [0.2, 0.25) is 0 Å². The summed E-state index contributed by atoms with van der Waals surface area (Å²) in [5, 5.41) is 3.40. The second-order valence-corrected chi connectivity index (χ2v) is 7.08. The first-order valence-electron chi connectivity index (χ1n) is 7.50. The molecule has 0 aromatic rings. The fourth-order valence-corrected chi connectivity index (χ4v) is 3.36. The SMILES string of the molecule is CNCC1(CN2CCC(C)(C)CC2)CCOCC1. The average molecular weight is 254 g/mol. The van der Waals surface area contributed by atoms with Crippen LogP contribution in [-0.2, 0) is 4.74 Å². The van der Waals surface area contributed by atoms with Gasteiger partial charge in [-0.1, -0.05) is 13.8 Å². The summed E-state index contributed by atoms with van der Waals surface area (Å²) in [6.07, 6.45) is 5.12. The highest BCUT2D eigenvalue weighted by Gasteiger charge is 2.35. The van der Waals surface area contributed by atoms with Crippen LogP contribution in [0.3, 0.4) is 0 Å². The standard InChI is InChI=1S/C15H30N2O/c1-14(2)4-8-17(9-5-14)13-15(12-16-3)6-10-18-11-7-15/h16H,4-13H2,1-3H3. The molecule has 2 aliphatic rings. The van der Waals surface area contributed by atoms with Crippen molar-refractivity contribution in [3.05, 3.63) is 0 Å². The molecule has 0 spiro atoms. The molecule has 18 heavy (non-hydrogen) atoms. The number of rotatable bonds is 4. The number of hydrogen-bond acceptors (Lipinski definition) is 3. The molecule has 0 aliphatic carbocycles. The van der Waals surface area contributed by atoms with E-state index in [0.717, 1.165) is 19.8 Å². The second-order valence-electron chi connectivity index (χ2n) is 7.08. The van der Waals surface area contributed by atoms with E-state index in [4.69, 9.17) is 4.74 Å². The Hall–Kier alpha value is -0.120. The van der Waals surface area contributed by atoms with Gasteiger partial charge in [0.25, 0.3) is 0 Å². The maximum atomic E-state index is 5.55. The van der Waals surface area contributed by atoms with E-state index in [1.807, 2.05) is 0 Å². The number of hydrogen-bond donors (Lipinski definition) is 1. The first-order chi connectivity index (χ1) is 8.55. The molecule has 0 unspecified atom stereocenters. The van der Waals surface area contributed by atoms with Crippen LogP contribution >= 0.6 is 0 Å². The van der Waals surface area contributed by atoms with Crippen molar-refractivity contribution in [1.29, 1.82) is 0 Å². The molecular formula is C15H30N2O. The van der Waals surface area contributed by atoms with Crippen molar-refractivity contribution < 1.29 is 4.74 Å². The summed E-state index contributed by atoms with van der Waals surface area (Å²) in [6.45, 7) is 11.6. The van der Waals surface area contributed by atoms with E-state index in [-0.39, 0.29) is 0 Å². The Labute approximate surface area is 112 Å². The summed E-state index contributed by atoms with van der Waals surface area (Å²) < 4.78 is 5.55. The minimum atomic E-state index is 0.453. The van der Waals surface area contributed by atoms with E-state index in [2.05, 4.69) is 31.1 Å². The topological polar surface area (TPSA) is 24.5 Å². The molecule has 3 nitrogen and oxygen atoms in total. The lowest BCUT2D eigenvalue weighted by molar-refractivity contribution is -0.0126. The molecule has 2 aliphatic heterocycles. The van der Waals surface area contributed by atoms with Gasteiger partial charge in [0.15, 0.2) is 0 Å². The third-order valence-corrected chi connectivity index (χ3v) is 4.87. The Kier molecular flexibility index (Phi) is 4.68. The summed E-state index contributed by atoms with van der Waals surface area (Å²) in [5.74, 6) is 0. The van der Waals surface area contributed by atoms with E-state index in [9.17, 15) is 0 Å². The van der Waals surface area contributed by atoms with Gasteiger partial charge in [-0.05, 0) is 56.7 Å². The minimum absolute atomic E-state index is 0.453. The zero-order valence-electron chi connectivity index (χ0n) is 12.4. The average Bonchev–Trinajstić information content (AvgIpc) is 2.34. The van der Waals surface area contributed by atoms with Crippen LogP contribution in [0.2, 0.25) is 0 Å². The molecule has 3 heteroatoms. The van der Waals surface area contributed by atoms with Crippen LogP contribution in [0.5, 0.6) is 0 Å². The fraction of sp³-hybridized carbons (Fsp3) is 1.00. The fourth-order valence-electron chi connectivity index (χ4n) is 3.36. The maximum absolute atomic E-state index is 5.55. The van der Waals surface area contributed by atoms with E-state index in [0.29, 0.717) is 10.8 Å². The van der Waals surface area contributed by atoms with Crippen LogP contribution in [0.15, 0.2) is 0 Å². The predicted molar refractivity (Wildman–Crippen MR) is 75.9 cm³/mol. The quantitative estimate of drug-likeness (QED) is 0.832. The number of piperidine rings is 1. The molecule has 0 saturated carbocycles. The molecule has 2 fully saturated rings. The molecular weight excluding hydrogens is 224 g/mol. The maximum Gasteiger partial charge on any atom is 0.0472 e. The van der Waals surface area contributed by atoms with Crippen molar-refractivity contribution in [2.24, 2.45) is 10.8 Å². The largest absolute Gasteiger partial charge is 0.381 e. The van der Waals surface area contributed by atoms with Gasteiger partial charge >= 0.3 is 0 Å². The van der Waals surface area contributed by atoms with E-state index in [1.54, 1.807) is 0 Å². The van der Waals surface area contributed by atoms with Crippen LogP contribution in [0, 0.1) is 10.8 Å². The minimum Gasteiger partial charge on any atom is -0.381 e. The molecule has 0 amide bonds. The van der Waals surface area contributed by atoms with Crippen molar-refractivity contribution in [3.63, 3.8) is 0 Å². The summed E-state index contributed by atoms with van der Waals surface area (Å²) >= 11 is 0. The Morgan fingerprint density at radius 1 is 1.06 bits per heavy atom. The Morgan fingerprint density at radius 2 is 1.67 bits per heavy atom. The summed E-state index contributed by atoms with van der Waals surface area (Å²) in [6, 6.07) is 0. The van der Waals surface area contributed by atoms with Crippen LogP contribution in [0.1, 0.15) is 39.5 Å². The molecule has 106 valence electrons. The second kappa shape index (κ2) is 5.89. The zero-order chi connectivity index (χ0) is 13.1. The van der Waals surface area contributed by atoms with Crippen LogP contribution in [0.25, 0.3) is 0 Å². The highest BCUT2D eigenvalue weighted by atomic mass is 16.5. The molecule has 0 aromatic carbocycles. The molecule has 0 bridgehead atoms. The Balaban J connectivity index is 1.89. The van der Waals surface area contributed by atoms with Crippen molar-refractivity contribution in [1.82, 2.24) is 10.2 Å². The van der Waals surface area contributed by atoms with Gasteiger partial charge in [-0.25, -0.2) is 0 Å². The Bertz CT molecular complexity index is 244. The van der Waals surface area contributed by atoms with Gasteiger partial charge in [0.05, 0.1) is 0 Å². The highest BCUT2D eigenvalue weighted by molar-refractivity contribution is 4.89. The van der Waals surface area contributed by atoms with Crippen molar-refractivity contribution in [3.8, 4) is 0 Å². The number of nitrogens with zero attached hydrogens (tertiary/aromatic N) is 1. The smallest absolute Gasteiger partial charge is 0.0472 e. The highest BCUT2D eigenvalue weighted by Crippen LogP contribution is 2.35. The molecule has 1 N–H and O–H groups in total. The molecule has 0 radical (unpaired) electrons. The van der Waals surface area contributed by atoms with Gasteiger partial charge < -0.3 is 15.0 Å². The number of nitrogens with one attached hydrogen (secondary N) is 1. The van der Waals surface area contributed by atoms with Crippen molar-refractivity contribution in [2.75, 3.05) is 46.4 Å². The van der Waals surface area contributed by atoms with Crippen molar-refractivity contribution >= 4 is 0 Å². The monoisotopic (exact) mass is 254 g/mol. The zero-order valence-corrected chi connectivity index (χ0v) is 12.4. The first-order valence-corrected chi connectivity index (χ1v) is 7.50. The van der Waals surface area contributed by atoms with E-state index >= 15 is 0 Å². The lowest BCUT2D eigenvalue weighted by atomic mass is 9.77. The van der Waals surface area contributed by atoms with Crippen LogP contribution in [0.4, 0.5) is 0 Å². The normalized spacial score (nSPS) is 28.2. The number of ether oxygens (including phenoxy) is 1. The molecule has 2 heterocycles. The third-order valence-electron chi connectivity index (χ3n) is 4.87. The molecule has 0 aromatic heterocycles. The summed E-state index contributed by atoms with van der Waals surface area (Å²) in [5.41, 5.74) is 1.01. The molecule has 0 atom stereocenters. The Morgan fingerprint density at radius 3 is 2.22 bits per heavy atom. The lowest BCUT2D eigenvalue weighted by Gasteiger charge is -2.44. The van der Waals surface area contributed by atoms with Gasteiger partial charge in [0.1, 0.15) is 0 Å². The summed E-state index contributed by atoms with van der Waals surface area (Å²) in [7, 11) is 2.08. The van der Waals surface area contributed by atoms with Gasteiger partial charge in [0, 0.05) is 26.3 Å². The van der Waals surface area contributed by atoms with Gasteiger partial charge in [-0.2, -0.15) is 0 Å².